The smallest absolute Gasteiger partial charge is 0.261 e. The van der Waals surface area contributed by atoms with Gasteiger partial charge in [-0.3, -0.25) is 19.6 Å². The average molecular weight is 425 g/mol. The first kappa shape index (κ1) is 21.2. The molecule has 4 aromatic rings. The Kier molecular flexibility index (Phi) is 5.94. The van der Waals surface area contributed by atoms with Crippen LogP contribution in [0.2, 0.25) is 0 Å². The van der Waals surface area contributed by atoms with Crippen molar-refractivity contribution in [3.8, 4) is 11.3 Å². The summed E-state index contributed by atoms with van der Waals surface area (Å²) in [5, 5.41) is 2.95. The van der Waals surface area contributed by atoms with E-state index < -0.39 is 5.91 Å². The third-order valence-corrected chi connectivity index (χ3v) is 5.62. The van der Waals surface area contributed by atoms with Crippen LogP contribution < -0.4 is 10.7 Å². The molecule has 1 aromatic carbocycles. The van der Waals surface area contributed by atoms with Gasteiger partial charge in [-0.25, -0.2) is 0 Å². The monoisotopic (exact) mass is 424 g/mol. The number of carbonyl (C=O) groups excluding carboxylic acids is 1. The van der Waals surface area contributed by atoms with Crippen molar-refractivity contribution in [2.45, 2.75) is 27.3 Å². The second-order valence-corrected chi connectivity index (χ2v) is 7.76. The topological polar surface area (TPSA) is 76.9 Å². The maximum Gasteiger partial charge on any atom is 0.261 e. The lowest BCUT2D eigenvalue weighted by Gasteiger charge is -2.20. The van der Waals surface area contributed by atoms with E-state index in [9.17, 15) is 9.59 Å². The van der Waals surface area contributed by atoms with Crippen molar-refractivity contribution in [3.05, 3.63) is 111 Å². The van der Waals surface area contributed by atoms with Crippen molar-refractivity contribution in [1.82, 2.24) is 14.5 Å². The Labute approximate surface area is 186 Å². The molecule has 0 unspecified atom stereocenters. The van der Waals surface area contributed by atoms with Crippen molar-refractivity contribution in [1.29, 1.82) is 0 Å². The van der Waals surface area contributed by atoms with Crippen LogP contribution in [0, 0.1) is 20.8 Å². The number of aromatic nitrogens is 3. The highest BCUT2D eigenvalue weighted by atomic mass is 16.2. The number of nitrogens with zero attached hydrogens (tertiary/aromatic N) is 3. The van der Waals surface area contributed by atoms with E-state index in [1.165, 1.54) is 6.07 Å². The number of aryl methyl sites for hydroxylation is 2. The molecule has 0 bridgehead atoms. The van der Waals surface area contributed by atoms with E-state index in [2.05, 4.69) is 15.3 Å². The Morgan fingerprint density at radius 3 is 2.47 bits per heavy atom. The van der Waals surface area contributed by atoms with Crippen molar-refractivity contribution in [3.63, 3.8) is 0 Å². The molecule has 0 aliphatic rings. The van der Waals surface area contributed by atoms with E-state index in [0.29, 0.717) is 17.9 Å². The molecule has 0 fully saturated rings. The van der Waals surface area contributed by atoms with Crippen LogP contribution in [0.1, 0.15) is 32.7 Å². The lowest BCUT2D eigenvalue weighted by molar-refractivity contribution is 0.102. The zero-order valence-corrected chi connectivity index (χ0v) is 18.3. The standard InChI is InChI=1S/C26H24N4O2/c1-17-6-4-8-22(19(17)3)29-26(32)24-23(31)14-18(2)30(16-20-7-5-11-28-15-20)25(24)21-9-12-27-13-10-21/h4-15H,16H2,1-3H3,(H,29,32). The molecule has 0 saturated heterocycles. The molecule has 3 heterocycles. The number of carbonyl (C=O) groups is 1. The van der Waals surface area contributed by atoms with Crippen LogP contribution in [0.3, 0.4) is 0 Å². The van der Waals surface area contributed by atoms with E-state index in [-0.39, 0.29) is 11.0 Å². The van der Waals surface area contributed by atoms with Gasteiger partial charge in [-0.15, -0.1) is 0 Å². The molecule has 0 aliphatic carbocycles. The van der Waals surface area contributed by atoms with Crippen LogP contribution in [0.4, 0.5) is 5.69 Å². The predicted molar refractivity (Wildman–Crippen MR) is 126 cm³/mol. The fourth-order valence-electron chi connectivity index (χ4n) is 3.75. The first-order valence-electron chi connectivity index (χ1n) is 10.4. The Morgan fingerprint density at radius 1 is 0.969 bits per heavy atom. The molecule has 6 nitrogen and oxygen atoms in total. The molecule has 6 heteroatoms. The number of nitrogens with one attached hydrogen (secondary N) is 1. The van der Waals surface area contributed by atoms with Crippen molar-refractivity contribution in [2.24, 2.45) is 0 Å². The first-order chi connectivity index (χ1) is 15.5. The molecule has 32 heavy (non-hydrogen) atoms. The van der Waals surface area contributed by atoms with E-state index in [4.69, 9.17) is 0 Å². The van der Waals surface area contributed by atoms with Crippen LogP contribution in [-0.2, 0) is 6.54 Å². The summed E-state index contributed by atoms with van der Waals surface area (Å²) in [7, 11) is 0. The highest BCUT2D eigenvalue weighted by Gasteiger charge is 2.22. The second-order valence-electron chi connectivity index (χ2n) is 7.76. The summed E-state index contributed by atoms with van der Waals surface area (Å²) >= 11 is 0. The fraction of sp³-hybridized carbons (Fsp3) is 0.154. The lowest BCUT2D eigenvalue weighted by atomic mass is 10.0. The van der Waals surface area contributed by atoms with Gasteiger partial charge in [-0.2, -0.15) is 0 Å². The summed E-state index contributed by atoms with van der Waals surface area (Å²) in [6.45, 7) is 6.28. The molecule has 0 spiro atoms. The highest BCUT2D eigenvalue weighted by molar-refractivity contribution is 6.08. The molecular weight excluding hydrogens is 400 g/mol. The van der Waals surface area contributed by atoms with Gasteiger partial charge in [0, 0.05) is 54.3 Å². The number of hydrogen-bond donors (Lipinski definition) is 1. The van der Waals surface area contributed by atoms with E-state index in [1.807, 2.05) is 67.8 Å². The minimum atomic E-state index is -0.435. The second kappa shape index (κ2) is 8.98. The average Bonchev–Trinajstić information content (AvgIpc) is 2.79. The maximum absolute atomic E-state index is 13.5. The zero-order valence-electron chi connectivity index (χ0n) is 18.3. The molecule has 0 aliphatic heterocycles. The Balaban J connectivity index is 1.89. The summed E-state index contributed by atoms with van der Waals surface area (Å²) in [6, 6.07) is 14.7. The number of anilines is 1. The van der Waals surface area contributed by atoms with Crippen molar-refractivity contribution < 1.29 is 4.79 Å². The summed E-state index contributed by atoms with van der Waals surface area (Å²) in [4.78, 5) is 34.9. The van der Waals surface area contributed by atoms with Crippen molar-refractivity contribution >= 4 is 11.6 Å². The maximum atomic E-state index is 13.5. The largest absolute Gasteiger partial charge is 0.340 e. The Bertz CT molecular complexity index is 1330. The number of rotatable bonds is 5. The molecule has 3 aromatic heterocycles. The van der Waals surface area contributed by atoms with Gasteiger partial charge in [0.15, 0.2) is 5.43 Å². The van der Waals surface area contributed by atoms with Crippen LogP contribution >= 0.6 is 0 Å². The van der Waals surface area contributed by atoms with Gasteiger partial charge in [0.25, 0.3) is 5.91 Å². The Hall–Kier alpha value is -4.06. The predicted octanol–water partition coefficient (Wildman–Crippen LogP) is 4.53. The number of pyridine rings is 3. The lowest BCUT2D eigenvalue weighted by Crippen LogP contribution is -2.27. The van der Waals surface area contributed by atoms with Crippen LogP contribution in [0.5, 0.6) is 0 Å². The minimum Gasteiger partial charge on any atom is -0.340 e. The first-order valence-corrected chi connectivity index (χ1v) is 10.4. The van der Waals surface area contributed by atoms with Gasteiger partial charge in [-0.05, 0) is 61.7 Å². The molecule has 0 atom stereocenters. The molecule has 4 rings (SSSR count). The summed E-state index contributed by atoms with van der Waals surface area (Å²) in [5.41, 5.74) is 5.54. The van der Waals surface area contributed by atoms with Gasteiger partial charge >= 0.3 is 0 Å². The molecule has 0 saturated carbocycles. The molecule has 1 amide bonds. The minimum absolute atomic E-state index is 0.103. The Morgan fingerprint density at radius 2 is 1.75 bits per heavy atom. The summed E-state index contributed by atoms with van der Waals surface area (Å²) in [5.74, 6) is -0.435. The van der Waals surface area contributed by atoms with Gasteiger partial charge in [-0.1, -0.05) is 18.2 Å². The van der Waals surface area contributed by atoms with Gasteiger partial charge in [0.2, 0.25) is 0 Å². The van der Waals surface area contributed by atoms with Gasteiger partial charge in [0.1, 0.15) is 5.56 Å². The molecule has 1 N–H and O–H groups in total. The number of benzene rings is 1. The fourth-order valence-corrected chi connectivity index (χ4v) is 3.75. The molecular formula is C26H24N4O2. The number of hydrogen-bond acceptors (Lipinski definition) is 4. The number of amides is 1. The zero-order chi connectivity index (χ0) is 22.7. The van der Waals surface area contributed by atoms with Crippen LogP contribution in [0.15, 0.2) is 78.1 Å². The van der Waals surface area contributed by atoms with E-state index >= 15 is 0 Å². The SMILES string of the molecule is Cc1cccc(NC(=O)c2c(-c3ccncc3)n(Cc3cccnc3)c(C)cc2=O)c1C. The van der Waals surface area contributed by atoms with Crippen LogP contribution in [0.25, 0.3) is 11.3 Å². The van der Waals surface area contributed by atoms with E-state index in [1.54, 1.807) is 24.8 Å². The summed E-state index contributed by atoms with van der Waals surface area (Å²) in [6.07, 6.45) is 6.81. The summed E-state index contributed by atoms with van der Waals surface area (Å²) < 4.78 is 1.98. The highest BCUT2D eigenvalue weighted by Crippen LogP contribution is 2.26. The van der Waals surface area contributed by atoms with Gasteiger partial charge in [0.05, 0.1) is 5.69 Å². The van der Waals surface area contributed by atoms with Crippen molar-refractivity contribution in [2.75, 3.05) is 5.32 Å². The third kappa shape index (κ3) is 4.21. The van der Waals surface area contributed by atoms with E-state index in [0.717, 1.165) is 27.9 Å². The molecule has 160 valence electrons. The van der Waals surface area contributed by atoms with Gasteiger partial charge < -0.3 is 9.88 Å². The normalized spacial score (nSPS) is 10.7. The van der Waals surface area contributed by atoms with Crippen LogP contribution in [-0.4, -0.2) is 20.4 Å². The third-order valence-electron chi connectivity index (χ3n) is 5.62. The quantitative estimate of drug-likeness (QED) is 0.511. The molecule has 0 radical (unpaired) electrons.